The average molecular weight is 519 g/mol. The Hall–Kier alpha value is -4.22. The van der Waals surface area contributed by atoms with Crippen LogP contribution in [0.1, 0.15) is 31.4 Å². The molecule has 2 N–H and O–H groups in total. The van der Waals surface area contributed by atoms with Gasteiger partial charge in [-0.1, -0.05) is 54.6 Å². The van der Waals surface area contributed by atoms with Crippen LogP contribution in [0.25, 0.3) is 49.9 Å². The quantitative estimate of drug-likeness (QED) is 0.192. The van der Waals surface area contributed by atoms with Gasteiger partial charge in [0.05, 0.1) is 11.2 Å². The number of aromatic amines is 2. The van der Waals surface area contributed by atoms with Crippen LogP contribution in [0.2, 0.25) is 0 Å². The lowest BCUT2D eigenvalue weighted by Crippen LogP contribution is -2.13. The number of rotatable bonds is 9. The largest absolute Gasteiger partial charge is 0.353 e. The van der Waals surface area contributed by atoms with Gasteiger partial charge < -0.3 is 9.88 Å². The Morgan fingerprint density at radius 3 is 2.64 bits per heavy atom. The van der Waals surface area contributed by atoms with E-state index in [4.69, 9.17) is 0 Å². The molecular formula is C34H35FN4. The number of hydrogen-bond donors (Lipinski definition) is 2. The summed E-state index contributed by atoms with van der Waals surface area (Å²) < 4.78 is 14.7. The van der Waals surface area contributed by atoms with E-state index in [0.29, 0.717) is 0 Å². The first kappa shape index (κ1) is 26.4. The summed E-state index contributed by atoms with van der Waals surface area (Å²) in [6.07, 6.45) is 7.93. The van der Waals surface area contributed by atoms with Gasteiger partial charge in [-0.25, -0.2) is 4.39 Å². The number of aromatic nitrogens is 3. The molecule has 198 valence electrons. The highest BCUT2D eigenvalue weighted by molar-refractivity contribution is 6.01. The van der Waals surface area contributed by atoms with E-state index >= 15 is 0 Å². The van der Waals surface area contributed by atoms with Crippen LogP contribution in [0.5, 0.6) is 0 Å². The molecular weight excluding hydrogens is 483 g/mol. The first-order valence-electron chi connectivity index (χ1n) is 13.4. The third kappa shape index (κ3) is 5.64. The van der Waals surface area contributed by atoms with Gasteiger partial charge in [-0.05, 0) is 112 Å². The minimum atomic E-state index is -0.202. The Morgan fingerprint density at radius 1 is 1.03 bits per heavy atom. The first-order valence-corrected chi connectivity index (χ1v) is 13.4. The fraction of sp³-hybridized carbons (Fsp3) is 0.206. The molecule has 4 nitrogen and oxygen atoms in total. The molecule has 0 spiro atoms. The summed E-state index contributed by atoms with van der Waals surface area (Å²) in [5.41, 5.74) is 10.0. The average Bonchev–Trinajstić information content (AvgIpc) is 3.54. The van der Waals surface area contributed by atoms with E-state index in [0.717, 1.165) is 86.0 Å². The van der Waals surface area contributed by atoms with Gasteiger partial charge in [0.1, 0.15) is 11.5 Å². The van der Waals surface area contributed by atoms with Gasteiger partial charge >= 0.3 is 0 Å². The molecule has 0 aliphatic heterocycles. The monoisotopic (exact) mass is 518 g/mol. The summed E-state index contributed by atoms with van der Waals surface area (Å²) in [5.74, 6) is -0.202. The van der Waals surface area contributed by atoms with Crippen LogP contribution in [0.3, 0.4) is 0 Å². The van der Waals surface area contributed by atoms with Gasteiger partial charge in [-0.15, -0.1) is 0 Å². The molecule has 5 aromatic rings. The highest BCUT2D eigenvalue weighted by atomic mass is 19.1. The number of benzene rings is 3. The first-order chi connectivity index (χ1) is 18.9. The molecule has 0 aliphatic rings. The summed E-state index contributed by atoms with van der Waals surface area (Å²) in [7, 11) is 4.12. The number of allylic oxidation sites excluding steroid dienone is 5. The maximum Gasteiger partial charge on any atom is 0.124 e. The summed E-state index contributed by atoms with van der Waals surface area (Å²) >= 11 is 0. The number of nitrogens with zero attached hydrogens (tertiary/aromatic N) is 2. The van der Waals surface area contributed by atoms with Crippen LogP contribution in [0, 0.1) is 5.82 Å². The number of hydrogen-bond acceptors (Lipinski definition) is 2. The second-order valence-corrected chi connectivity index (χ2v) is 10.4. The van der Waals surface area contributed by atoms with Crippen molar-refractivity contribution in [3.63, 3.8) is 0 Å². The molecule has 3 aromatic carbocycles. The third-order valence-corrected chi connectivity index (χ3v) is 7.17. The lowest BCUT2D eigenvalue weighted by Gasteiger charge is -2.11. The second kappa shape index (κ2) is 11.3. The molecule has 5 rings (SSSR count). The minimum Gasteiger partial charge on any atom is -0.353 e. The Kier molecular flexibility index (Phi) is 7.62. The van der Waals surface area contributed by atoms with Crippen molar-refractivity contribution in [1.29, 1.82) is 0 Å². The topological polar surface area (TPSA) is 47.7 Å². The van der Waals surface area contributed by atoms with Crippen molar-refractivity contribution >= 4 is 27.4 Å². The molecule has 5 heteroatoms. The molecule has 0 amide bonds. The van der Waals surface area contributed by atoms with Crippen molar-refractivity contribution in [2.75, 3.05) is 20.6 Å². The predicted molar refractivity (Wildman–Crippen MR) is 163 cm³/mol. The van der Waals surface area contributed by atoms with Crippen LogP contribution >= 0.6 is 0 Å². The Balaban J connectivity index is 1.55. The fourth-order valence-corrected chi connectivity index (χ4v) is 5.12. The van der Waals surface area contributed by atoms with E-state index in [-0.39, 0.29) is 5.82 Å². The van der Waals surface area contributed by atoms with E-state index in [2.05, 4.69) is 95.4 Å². The number of nitrogens with one attached hydrogen (secondary N) is 2. The van der Waals surface area contributed by atoms with Gasteiger partial charge in [0.25, 0.3) is 0 Å². The van der Waals surface area contributed by atoms with Crippen molar-refractivity contribution < 1.29 is 4.39 Å². The van der Waals surface area contributed by atoms with E-state index in [1.807, 2.05) is 26.0 Å². The van der Waals surface area contributed by atoms with Gasteiger partial charge in [0, 0.05) is 16.3 Å². The van der Waals surface area contributed by atoms with Crippen LogP contribution in [0.15, 0.2) is 91.0 Å². The van der Waals surface area contributed by atoms with Crippen LogP contribution < -0.4 is 0 Å². The van der Waals surface area contributed by atoms with Gasteiger partial charge in [-0.3, -0.25) is 5.10 Å². The van der Waals surface area contributed by atoms with E-state index in [1.54, 1.807) is 12.1 Å². The molecule has 0 aliphatic carbocycles. The van der Waals surface area contributed by atoms with Gasteiger partial charge in [-0.2, -0.15) is 5.10 Å². The summed E-state index contributed by atoms with van der Waals surface area (Å²) in [6.45, 7) is 8.94. The fourth-order valence-electron chi connectivity index (χ4n) is 5.12. The van der Waals surface area contributed by atoms with Gasteiger partial charge in [0.2, 0.25) is 0 Å². The zero-order valence-corrected chi connectivity index (χ0v) is 23.1. The lowest BCUT2D eigenvalue weighted by molar-refractivity contribution is 0.400. The van der Waals surface area contributed by atoms with Crippen molar-refractivity contribution in [3.05, 3.63) is 108 Å². The Morgan fingerprint density at radius 2 is 1.87 bits per heavy atom. The van der Waals surface area contributed by atoms with Crippen LogP contribution in [0.4, 0.5) is 4.39 Å². The predicted octanol–water partition coefficient (Wildman–Crippen LogP) is 8.55. The number of fused-ring (bicyclic) bond motifs is 2. The SMILES string of the molecule is C=C/C(C)=C\C(=C/C)c1ccc2[nH]nc(-c3cc4c(-c5cc(F)cc(CCCN(C)C)c5)cccc4[nH]3)c2c1. The Bertz CT molecular complexity index is 1710. The number of aryl methyl sites for hydroxylation is 1. The summed E-state index contributed by atoms with van der Waals surface area (Å²) in [4.78, 5) is 5.71. The van der Waals surface area contributed by atoms with Crippen LogP contribution in [-0.2, 0) is 6.42 Å². The minimum absolute atomic E-state index is 0.202. The number of halogens is 1. The molecule has 2 heterocycles. The lowest BCUT2D eigenvalue weighted by atomic mass is 9.97. The zero-order valence-electron chi connectivity index (χ0n) is 23.1. The molecule has 0 saturated carbocycles. The molecule has 0 radical (unpaired) electrons. The van der Waals surface area contributed by atoms with Crippen molar-refractivity contribution in [3.8, 4) is 22.5 Å². The summed E-state index contributed by atoms with van der Waals surface area (Å²) in [5, 5.41) is 9.94. The third-order valence-electron chi connectivity index (χ3n) is 7.17. The van der Waals surface area contributed by atoms with Gasteiger partial charge in [0.15, 0.2) is 0 Å². The number of H-pyrrole nitrogens is 2. The second-order valence-electron chi connectivity index (χ2n) is 10.4. The molecule has 39 heavy (non-hydrogen) atoms. The molecule has 0 bridgehead atoms. The highest BCUT2D eigenvalue weighted by Crippen LogP contribution is 2.35. The van der Waals surface area contributed by atoms with E-state index in [1.165, 1.54) is 0 Å². The molecule has 0 unspecified atom stereocenters. The normalized spacial score (nSPS) is 12.7. The van der Waals surface area contributed by atoms with Crippen molar-refractivity contribution in [1.82, 2.24) is 20.1 Å². The molecule has 2 aromatic heterocycles. The maximum absolute atomic E-state index is 14.7. The molecule has 0 saturated heterocycles. The smallest absolute Gasteiger partial charge is 0.124 e. The van der Waals surface area contributed by atoms with Crippen molar-refractivity contribution in [2.45, 2.75) is 26.7 Å². The zero-order chi connectivity index (χ0) is 27.5. The molecule has 0 fully saturated rings. The van der Waals surface area contributed by atoms with Crippen molar-refractivity contribution in [2.24, 2.45) is 0 Å². The highest BCUT2D eigenvalue weighted by Gasteiger charge is 2.15. The van der Waals surface area contributed by atoms with E-state index in [9.17, 15) is 4.39 Å². The van der Waals surface area contributed by atoms with Crippen LogP contribution in [-0.4, -0.2) is 40.7 Å². The maximum atomic E-state index is 14.7. The molecule has 0 atom stereocenters. The standard InChI is InChI=1S/C34H35FN4/c1-6-22(3)16-24(7-2)25-13-14-32-30(20-25)34(38-37-32)33-21-29-28(11-8-12-31(29)36-33)26-17-23(18-27(35)19-26)10-9-15-39(4)5/h6-8,11-14,16-21,36H,1,9-10,15H2,2-5H3,(H,37,38)/b22-16-,24-7+. The van der Waals surface area contributed by atoms with E-state index < -0.39 is 0 Å². The Labute approximate surface area is 229 Å². The summed E-state index contributed by atoms with van der Waals surface area (Å²) in [6, 6.07) is 20.0.